The van der Waals surface area contributed by atoms with Crippen LogP contribution in [0.25, 0.3) is 0 Å². The van der Waals surface area contributed by atoms with E-state index in [9.17, 15) is 9.59 Å². The first-order valence-electron chi connectivity index (χ1n) is 10.9. The van der Waals surface area contributed by atoms with Gasteiger partial charge in [0.05, 0.1) is 6.54 Å². The van der Waals surface area contributed by atoms with Gasteiger partial charge in [-0.05, 0) is 37.3 Å². The van der Waals surface area contributed by atoms with Gasteiger partial charge in [0.25, 0.3) is 5.91 Å². The molecule has 0 saturated carbocycles. The zero-order chi connectivity index (χ0) is 21.7. The first kappa shape index (κ1) is 21.1. The number of benzene rings is 2. The third-order valence-electron chi connectivity index (χ3n) is 6.04. The summed E-state index contributed by atoms with van der Waals surface area (Å²) in [7, 11) is 0. The van der Waals surface area contributed by atoms with Crippen molar-refractivity contribution >= 4 is 17.5 Å². The van der Waals surface area contributed by atoms with Crippen molar-refractivity contribution < 1.29 is 14.4 Å². The first-order valence-corrected chi connectivity index (χ1v) is 10.9. The molecule has 2 aliphatic heterocycles. The maximum atomic E-state index is 12.8. The normalized spacial score (nSPS) is 20.3. The summed E-state index contributed by atoms with van der Waals surface area (Å²) in [5, 5.41) is 7.02. The number of likely N-dealkylation sites (tertiary alicyclic amines) is 1. The Bertz CT molecular complexity index is 956. The summed E-state index contributed by atoms with van der Waals surface area (Å²) < 4.78 is 0. The summed E-state index contributed by atoms with van der Waals surface area (Å²) >= 11 is 0. The van der Waals surface area contributed by atoms with Crippen molar-refractivity contribution in [3.63, 3.8) is 0 Å². The zero-order valence-corrected chi connectivity index (χ0v) is 18.0. The Morgan fingerprint density at radius 1 is 1.10 bits per heavy atom. The lowest BCUT2D eigenvalue weighted by atomic mass is 9.87. The van der Waals surface area contributed by atoms with Crippen molar-refractivity contribution in [3.8, 4) is 0 Å². The fourth-order valence-corrected chi connectivity index (χ4v) is 4.22. The van der Waals surface area contributed by atoms with Gasteiger partial charge in [-0.3, -0.25) is 9.59 Å². The van der Waals surface area contributed by atoms with E-state index >= 15 is 0 Å². The second-order valence-corrected chi connectivity index (χ2v) is 8.56. The van der Waals surface area contributed by atoms with Crippen LogP contribution in [0.15, 0.2) is 59.8 Å². The number of oxime groups is 1. The second kappa shape index (κ2) is 9.33. The SMILES string of the molecule is Cc1ccc(CNC(=O)C2=NO[C@@]3(CCCN(C(=O)CCc4ccccc4)C3)C2)cc1. The van der Waals surface area contributed by atoms with E-state index in [2.05, 4.69) is 10.5 Å². The van der Waals surface area contributed by atoms with Gasteiger partial charge in [-0.25, -0.2) is 0 Å². The summed E-state index contributed by atoms with van der Waals surface area (Å²) in [6, 6.07) is 18.1. The summed E-state index contributed by atoms with van der Waals surface area (Å²) in [6.07, 6.45) is 3.30. The van der Waals surface area contributed by atoms with E-state index in [0.29, 0.717) is 31.6 Å². The molecular formula is C25H29N3O3. The molecule has 1 saturated heterocycles. The lowest BCUT2D eigenvalue weighted by molar-refractivity contribution is -0.140. The van der Waals surface area contributed by atoms with Gasteiger partial charge >= 0.3 is 0 Å². The van der Waals surface area contributed by atoms with E-state index in [0.717, 1.165) is 36.9 Å². The van der Waals surface area contributed by atoms with Crippen molar-refractivity contribution in [1.82, 2.24) is 10.2 Å². The Labute approximate surface area is 183 Å². The minimum Gasteiger partial charge on any atom is -0.386 e. The summed E-state index contributed by atoms with van der Waals surface area (Å²) in [4.78, 5) is 33.0. The van der Waals surface area contributed by atoms with Crippen molar-refractivity contribution in [1.29, 1.82) is 0 Å². The molecule has 0 aromatic heterocycles. The van der Waals surface area contributed by atoms with Gasteiger partial charge in [-0.1, -0.05) is 65.3 Å². The molecule has 0 radical (unpaired) electrons. The molecule has 0 unspecified atom stereocenters. The van der Waals surface area contributed by atoms with E-state index in [4.69, 9.17) is 4.84 Å². The minimum absolute atomic E-state index is 0.129. The van der Waals surface area contributed by atoms with Crippen molar-refractivity contribution in [2.45, 2.75) is 51.2 Å². The predicted molar refractivity (Wildman–Crippen MR) is 119 cm³/mol. The van der Waals surface area contributed by atoms with Crippen LogP contribution in [0.5, 0.6) is 0 Å². The smallest absolute Gasteiger partial charge is 0.269 e. The van der Waals surface area contributed by atoms with E-state index in [-0.39, 0.29) is 11.8 Å². The lowest BCUT2D eigenvalue weighted by Gasteiger charge is -2.38. The van der Waals surface area contributed by atoms with Gasteiger partial charge in [-0.15, -0.1) is 0 Å². The number of rotatable bonds is 6. The molecule has 2 aromatic rings. The van der Waals surface area contributed by atoms with Gasteiger partial charge in [0.15, 0.2) is 5.60 Å². The Morgan fingerprint density at radius 3 is 2.65 bits per heavy atom. The van der Waals surface area contributed by atoms with E-state index in [1.165, 1.54) is 5.56 Å². The molecular weight excluding hydrogens is 390 g/mol. The average Bonchev–Trinajstić information content (AvgIpc) is 3.20. The maximum absolute atomic E-state index is 12.8. The number of piperidine rings is 1. The van der Waals surface area contributed by atoms with E-state index < -0.39 is 5.60 Å². The number of hydrogen-bond acceptors (Lipinski definition) is 4. The van der Waals surface area contributed by atoms with Crippen molar-refractivity contribution in [3.05, 3.63) is 71.3 Å². The molecule has 1 spiro atoms. The number of nitrogens with one attached hydrogen (secondary N) is 1. The average molecular weight is 420 g/mol. The van der Waals surface area contributed by atoms with Gasteiger partial charge in [0.1, 0.15) is 5.71 Å². The second-order valence-electron chi connectivity index (χ2n) is 8.56. The van der Waals surface area contributed by atoms with Crippen molar-refractivity contribution in [2.75, 3.05) is 13.1 Å². The monoisotopic (exact) mass is 419 g/mol. The summed E-state index contributed by atoms with van der Waals surface area (Å²) in [6.45, 7) is 3.70. The lowest BCUT2D eigenvalue weighted by Crippen LogP contribution is -2.51. The highest BCUT2D eigenvalue weighted by atomic mass is 16.7. The fraction of sp³-hybridized carbons (Fsp3) is 0.400. The van der Waals surface area contributed by atoms with Crippen LogP contribution >= 0.6 is 0 Å². The van der Waals surface area contributed by atoms with Crippen LogP contribution in [0, 0.1) is 6.92 Å². The Kier molecular flexibility index (Phi) is 6.35. The molecule has 2 amide bonds. The van der Waals surface area contributed by atoms with Crippen LogP contribution in [0.4, 0.5) is 0 Å². The maximum Gasteiger partial charge on any atom is 0.269 e. The Morgan fingerprint density at radius 2 is 1.87 bits per heavy atom. The molecule has 2 aliphatic rings. The summed E-state index contributed by atoms with van der Waals surface area (Å²) in [5.41, 5.74) is 3.23. The van der Waals surface area contributed by atoms with Gasteiger partial charge in [-0.2, -0.15) is 0 Å². The Balaban J connectivity index is 1.28. The number of nitrogens with zero attached hydrogens (tertiary/aromatic N) is 2. The van der Waals surface area contributed by atoms with Crippen LogP contribution in [-0.2, 0) is 27.4 Å². The predicted octanol–water partition coefficient (Wildman–Crippen LogP) is 3.38. The molecule has 6 nitrogen and oxygen atoms in total. The Hall–Kier alpha value is -3.15. The summed E-state index contributed by atoms with van der Waals surface area (Å²) in [5.74, 6) is -0.0752. The van der Waals surface area contributed by atoms with Gasteiger partial charge < -0.3 is 15.1 Å². The number of carbonyl (C=O) groups excluding carboxylic acids is 2. The highest BCUT2D eigenvalue weighted by Gasteiger charge is 2.45. The molecule has 1 N–H and O–H groups in total. The zero-order valence-electron chi connectivity index (χ0n) is 18.0. The molecule has 2 heterocycles. The van der Waals surface area contributed by atoms with E-state index in [1.807, 2.05) is 66.4 Å². The quantitative estimate of drug-likeness (QED) is 0.780. The molecule has 4 rings (SSSR count). The molecule has 1 fully saturated rings. The third-order valence-corrected chi connectivity index (χ3v) is 6.04. The first-order chi connectivity index (χ1) is 15.0. The molecule has 0 bridgehead atoms. The van der Waals surface area contributed by atoms with Crippen molar-refractivity contribution in [2.24, 2.45) is 5.16 Å². The molecule has 162 valence electrons. The number of carbonyl (C=O) groups is 2. The fourth-order valence-electron chi connectivity index (χ4n) is 4.22. The van der Waals surface area contributed by atoms with Crippen LogP contribution in [0.3, 0.4) is 0 Å². The largest absolute Gasteiger partial charge is 0.386 e. The standard InChI is InChI=1S/C25H29N3O3/c1-19-8-10-21(11-9-19)17-26-24(30)22-16-25(31-27-22)14-5-15-28(18-25)23(29)13-12-20-6-3-2-4-7-20/h2-4,6-11H,5,12-18H2,1H3,(H,26,30)/t25-/m0/s1. The van der Waals surface area contributed by atoms with Gasteiger partial charge in [0, 0.05) is 25.9 Å². The topological polar surface area (TPSA) is 71.0 Å². The molecule has 6 heteroatoms. The van der Waals surface area contributed by atoms with Crippen LogP contribution in [0.2, 0.25) is 0 Å². The number of hydrogen-bond donors (Lipinski definition) is 1. The minimum atomic E-state index is -0.572. The molecule has 2 aromatic carbocycles. The molecule has 0 aliphatic carbocycles. The van der Waals surface area contributed by atoms with Crippen LogP contribution in [-0.4, -0.2) is 41.1 Å². The third kappa shape index (κ3) is 5.32. The number of amides is 2. The molecule has 1 atom stereocenters. The van der Waals surface area contributed by atoms with Gasteiger partial charge in [0.2, 0.25) is 5.91 Å². The van der Waals surface area contributed by atoms with Crippen LogP contribution in [0.1, 0.15) is 42.4 Å². The molecule has 31 heavy (non-hydrogen) atoms. The number of aryl methyl sites for hydroxylation is 2. The van der Waals surface area contributed by atoms with Crippen LogP contribution < -0.4 is 5.32 Å². The van der Waals surface area contributed by atoms with E-state index in [1.54, 1.807) is 0 Å². The highest BCUT2D eigenvalue weighted by molar-refractivity contribution is 6.39. The highest BCUT2D eigenvalue weighted by Crippen LogP contribution is 2.33.